The fourth-order valence-corrected chi connectivity index (χ4v) is 1.53. The molecule has 2 heterocycles. The topological polar surface area (TPSA) is 54.5 Å². The second kappa shape index (κ2) is 2.71. The van der Waals surface area contributed by atoms with Crippen LogP contribution in [0.1, 0.15) is 0 Å². The Morgan fingerprint density at radius 1 is 1.55 bits per heavy atom. The highest BCUT2D eigenvalue weighted by Crippen LogP contribution is 2.24. The number of nitrogens with one attached hydrogen (secondary N) is 1. The maximum absolute atomic E-state index is 4.04. The lowest BCUT2D eigenvalue weighted by Crippen LogP contribution is -1.76. The molecular weight excluding hydrogens is 180 g/mol. The molecule has 0 aliphatic rings. The van der Waals surface area contributed by atoms with Gasteiger partial charge in [0, 0.05) is 0 Å². The van der Waals surface area contributed by atoms with Gasteiger partial charge in [0.1, 0.15) is 17.4 Å². The minimum Gasteiger partial charge on any atom is -0.273 e. The molecule has 0 amide bonds. The van der Waals surface area contributed by atoms with E-state index in [1.165, 1.54) is 17.1 Å². The van der Waals surface area contributed by atoms with E-state index in [0.29, 0.717) is 0 Å². The van der Waals surface area contributed by atoms with Gasteiger partial charge in [-0.2, -0.15) is 5.10 Å². The van der Waals surface area contributed by atoms with Gasteiger partial charge in [-0.15, -0.1) is 11.7 Å². The molecule has 0 radical (unpaired) electrons. The molecule has 0 bridgehead atoms. The van der Waals surface area contributed by atoms with Gasteiger partial charge in [0.05, 0.1) is 6.20 Å². The van der Waals surface area contributed by atoms with Crippen molar-refractivity contribution in [3.05, 3.63) is 12.5 Å². The zero-order valence-electron chi connectivity index (χ0n) is 5.35. The minimum absolute atomic E-state index is 0.783. The lowest BCUT2D eigenvalue weighted by atomic mass is 10.5. The third-order valence-electron chi connectivity index (χ3n) is 1.28. The molecule has 1 N–H and O–H groups in total. The number of hydrogen-bond donors (Lipinski definition) is 2. The molecule has 0 saturated heterocycles. The first-order valence-electron chi connectivity index (χ1n) is 2.87. The Morgan fingerprint density at radius 3 is 3.27 bits per heavy atom. The van der Waals surface area contributed by atoms with Crippen molar-refractivity contribution in [2.75, 3.05) is 0 Å². The van der Waals surface area contributed by atoms with Crippen LogP contribution in [0.4, 0.5) is 0 Å². The molecule has 0 spiro atoms. The highest BCUT2D eigenvalue weighted by molar-refractivity contribution is 8.68. The van der Waals surface area contributed by atoms with Crippen molar-refractivity contribution in [3.8, 4) is 0 Å². The van der Waals surface area contributed by atoms with E-state index in [1.54, 1.807) is 6.20 Å². The SMILES string of the molecule is SSc1n[nH]c2cncnc12. The van der Waals surface area contributed by atoms with E-state index in [2.05, 4.69) is 31.8 Å². The van der Waals surface area contributed by atoms with Gasteiger partial charge in [-0.3, -0.25) is 5.10 Å². The van der Waals surface area contributed by atoms with Crippen molar-refractivity contribution in [2.45, 2.75) is 5.03 Å². The Hall–Kier alpha value is -0.750. The lowest BCUT2D eigenvalue weighted by molar-refractivity contribution is 1.02. The van der Waals surface area contributed by atoms with Crippen LogP contribution in [0.5, 0.6) is 0 Å². The predicted octanol–water partition coefficient (Wildman–Crippen LogP) is 1.29. The van der Waals surface area contributed by atoms with E-state index in [4.69, 9.17) is 0 Å². The summed E-state index contributed by atoms with van der Waals surface area (Å²) in [5.41, 5.74) is 1.66. The normalized spacial score (nSPS) is 10.6. The Morgan fingerprint density at radius 2 is 2.45 bits per heavy atom. The standard InChI is InChI=1S/C5H4N4S2/c10-11-5-4-3(8-9-5)1-6-2-7-4/h1-2,10H,(H,8,9). The third kappa shape index (κ3) is 1.08. The highest BCUT2D eigenvalue weighted by atomic mass is 33.1. The third-order valence-corrected chi connectivity index (χ3v) is 2.26. The molecule has 2 aromatic rings. The van der Waals surface area contributed by atoms with Crippen LogP contribution in [-0.4, -0.2) is 20.2 Å². The van der Waals surface area contributed by atoms with Crippen molar-refractivity contribution in [1.82, 2.24) is 20.2 Å². The van der Waals surface area contributed by atoms with Gasteiger partial charge in [-0.05, 0) is 10.8 Å². The molecule has 0 aromatic carbocycles. The van der Waals surface area contributed by atoms with E-state index >= 15 is 0 Å². The van der Waals surface area contributed by atoms with Crippen molar-refractivity contribution in [3.63, 3.8) is 0 Å². The monoisotopic (exact) mass is 184 g/mol. The fraction of sp³-hybridized carbons (Fsp3) is 0. The molecular formula is C5H4N4S2. The Balaban J connectivity index is 2.76. The molecule has 0 fully saturated rings. The number of hydrogen-bond acceptors (Lipinski definition) is 5. The number of H-pyrrole nitrogens is 1. The van der Waals surface area contributed by atoms with E-state index in [9.17, 15) is 0 Å². The highest BCUT2D eigenvalue weighted by Gasteiger charge is 2.03. The van der Waals surface area contributed by atoms with Crippen LogP contribution in [0.2, 0.25) is 0 Å². The van der Waals surface area contributed by atoms with Crippen LogP contribution in [0, 0.1) is 0 Å². The summed E-state index contributed by atoms with van der Waals surface area (Å²) in [4.78, 5) is 7.88. The Bertz CT molecular complexity index is 371. The van der Waals surface area contributed by atoms with Crippen LogP contribution in [0.25, 0.3) is 11.0 Å². The molecule has 0 aliphatic heterocycles. The van der Waals surface area contributed by atoms with Crippen LogP contribution in [0.3, 0.4) is 0 Å². The maximum Gasteiger partial charge on any atom is 0.155 e. The first-order chi connectivity index (χ1) is 5.42. The van der Waals surface area contributed by atoms with E-state index in [1.807, 2.05) is 0 Å². The first-order valence-corrected chi connectivity index (χ1v) is 4.74. The summed E-state index contributed by atoms with van der Waals surface area (Å²) >= 11 is 4.03. The zero-order chi connectivity index (χ0) is 7.68. The second-order valence-electron chi connectivity index (χ2n) is 1.91. The zero-order valence-corrected chi connectivity index (χ0v) is 7.06. The molecule has 0 aliphatic carbocycles. The van der Waals surface area contributed by atoms with Gasteiger partial charge in [-0.1, -0.05) is 0 Å². The van der Waals surface area contributed by atoms with Gasteiger partial charge < -0.3 is 0 Å². The number of nitrogens with zero attached hydrogens (tertiary/aromatic N) is 3. The summed E-state index contributed by atoms with van der Waals surface area (Å²) in [6, 6.07) is 0. The van der Waals surface area contributed by atoms with Gasteiger partial charge >= 0.3 is 0 Å². The summed E-state index contributed by atoms with van der Waals surface area (Å²) < 4.78 is 0. The van der Waals surface area contributed by atoms with Crippen molar-refractivity contribution < 1.29 is 0 Å². The van der Waals surface area contributed by atoms with Crippen LogP contribution >= 0.6 is 22.5 Å². The van der Waals surface area contributed by atoms with Crippen molar-refractivity contribution in [1.29, 1.82) is 0 Å². The van der Waals surface area contributed by atoms with Crippen LogP contribution < -0.4 is 0 Å². The van der Waals surface area contributed by atoms with Gasteiger partial charge in [0.15, 0.2) is 5.03 Å². The predicted molar refractivity (Wildman–Crippen MR) is 46.5 cm³/mol. The summed E-state index contributed by atoms with van der Waals surface area (Å²) in [5, 5.41) is 7.55. The molecule has 2 rings (SSSR count). The van der Waals surface area contributed by atoms with E-state index < -0.39 is 0 Å². The Kier molecular flexibility index (Phi) is 1.71. The second-order valence-corrected chi connectivity index (χ2v) is 3.02. The van der Waals surface area contributed by atoms with Gasteiger partial charge in [0.2, 0.25) is 0 Å². The summed E-state index contributed by atoms with van der Waals surface area (Å²) in [5.74, 6) is 0. The van der Waals surface area contributed by atoms with E-state index in [-0.39, 0.29) is 0 Å². The molecule has 2 aromatic heterocycles. The molecule has 11 heavy (non-hydrogen) atoms. The van der Waals surface area contributed by atoms with Crippen molar-refractivity contribution in [2.24, 2.45) is 0 Å². The lowest BCUT2D eigenvalue weighted by Gasteiger charge is -1.85. The van der Waals surface area contributed by atoms with Gasteiger partial charge in [0.25, 0.3) is 0 Å². The maximum atomic E-state index is 4.04. The smallest absolute Gasteiger partial charge is 0.155 e. The number of rotatable bonds is 1. The largest absolute Gasteiger partial charge is 0.273 e. The number of fused-ring (bicyclic) bond motifs is 1. The van der Waals surface area contributed by atoms with Crippen LogP contribution in [-0.2, 0) is 0 Å². The summed E-state index contributed by atoms with van der Waals surface area (Å²) in [6.07, 6.45) is 3.17. The summed E-state index contributed by atoms with van der Waals surface area (Å²) in [7, 11) is 1.27. The molecule has 56 valence electrons. The number of thiol groups is 1. The molecule has 0 atom stereocenters. The summed E-state index contributed by atoms with van der Waals surface area (Å²) in [6.45, 7) is 0. The average Bonchev–Trinajstić information content (AvgIpc) is 2.47. The fourth-order valence-electron chi connectivity index (χ4n) is 0.809. The van der Waals surface area contributed by atoms with Gasteiger partial charge in [-0.25, -0.2) is 9.97 Å². The quantitative estimate of drug-likeness (QED) is 0.518. The minimum atomic E-state index is 0.783. The number of aromatic nitrogens is 4. The van der Waals surface area contributed by atoms with E-state index in [0.717, 1.165) is 16.1 Å². The molecule has 0 saturated carbocycles. The van der Waals surface area contributed by atoms with Crippen LogP contribution in [0.15, 0.2) is 17.6 Å². The Labute approximate surface area is 71.6 Å². The van der Waals surface area contributed by atoms with Crippen molar-refractivity contribution >= 4 is 33.5 Å². The molecule has 4 nitrogen and oxygen atoms in total. The molecule has 6 heteroatoms. The molecule has 0 unspecified atom stereocenters. The number of aromatic amines is 1. The first kappa shape index (κ1) is 6.93. The average molecular weight is 184 g/mol.